The Hall–Kier alpha value is -1.51. The lowest BCUT2D eigenvalue weighted by atomic mass is 10.1. The zero-order chi connectivity index (χ0) is 12.0. The minimum Gasteiger partial charge on any atom is -0.481 e. The van der Waals surface area contributed by atoms with Gasteiger partial charge in [-0.05, 0) is 38.0 Å². The maximum absolute atomic E-state index is 10.5. The SMILES string of the molecule is CCN(CC)c1cccc(CCC(=O)O)c1. The Morgan fingerprint density at radius 3 is 2.56 bits per heavy atom. The van der Waals surface area contributed by atoms with Gasteiger partial charge in [-0.25, -0.2) is 0 Å². The summed E-state index contributed by atoms with van der Waals surface area (Å²) in [5, 5.41) is 8.64. The summed E-state index contributed by atoms with van der Waals surface area (Å²) in [6.07, 6.45) is 0.798. The minimum absolute atomic E-state index is 0.196. The number of carboxylic acid groups (broad SMARTS) is 1. The lowest BCUT2D eigenvalue weighted by molar-refractivity contribution is -0.136. The van der Waals surface area contributed by atoms with Crippen molar-refractivity contribution in [3.8, 4) is 0 Å². The molecule has 0 bridgehead atoms. The monoisotopic (exact) mass is 221 g/mol. The number of nitrogens with zero attached hydrogens (tertiary/aromatic N) is 1. The molecule has 16 heavy (non-hydrogen) atoms. The van der Waals surface area contributed by atoms with Gasteiger partial charge in [0.05, 0.1) is 0 Å². The van der Waals surface area contributed by atoms with E-state index in [2.05, 4.69) is 30.9 Å². The average molecular weight is 221 g/mol. The van der Waals surface area contributed by atoms with Crippen LogP contribution in [0.1, 0.15) is 25.8 Å². The van der Waals surface area contributed by atoms with Gasteiger partial charge in [0.1, 0.15) is 0 Å². The highest BCUT2D eigenvalue weighted by molar-refractivity contribution is 5.67. The van der Waals surface area contributed by atoms with E-state index in [-0.39, 0.29) is 6.42 Å². The number of anilines is 1. The first kappa shape index (κ1) is 12.6. The number of benzene rings is 1. The molecule has 3 heteroatoms. The van der Waals surface area contributed by atoms with E-state index < -0.39 is 5.97 Å². The number of hydrogen-bond acceptors (Lipinski definition) is 2. The third-order valence-electron chi connectivity index (χ3n) is 2.67. The maximum atomic E-state index is 10.5. The van der Waals surface area contributed by atoms with Crippen LogP contribution in [0, 0.1) is 0 Å². The number of carbonyl (C=O) groups is 1. The zero-order valence-electron chi connectivity index (χ0n) is 9.94. The van der Waals surface area contributed by atoms with Crippen LogP contribution in [0.2, 0.25) is 0 Å². The highest BCUT2D eigenvalue weighted by atomic mass is 16.4. The molecular formula is C13H19NO2. The molecule has 0 aliphatic rings. The van der Waals surface area contributed by atoms with Crippen molar-refractivity contribution in [2.75, 3.05) is 18.0 Å². The molecule has 0 aliphatic heterocycles. The van der Waals surface area contributed by atoms with Crippen LogP contribution < -0.4 is 4.90 Å². The predicted octanol–water partition coefficient (Wildman–Crippen LogP) is 2.55. The minimum atomic E-state index is -0.742. The van der Waals surface area contributed by atoms with Crippen LogP contribution in [0.3, 0.4) is 0 Å². The van der Waals surface area contributed by atoms with Gasteiger partial charge in [0.15, 0.2) is 0 Å². The van der Waals surface area contributed by atoms with Gasteiger partial charge < -0.3 is 10.0 Å². The van der Waals surface area contributed by atoms with E-state index in [1.807, 2.05) is 12.1 Å². The van der Waals surface area contributed by atoms with Crippen LogP contribution in [-0.2, 0) is 11.2 Å². The maximum Gasteiger partial charge on any atom is 0.303 e. The smallest absolute Gasteiger partial charge is 0.303 e. The van der Waals surface area contributed by atoms with E-state index in [4.69, 9.17) is 5.11 Å². The Kier molecular flexibility index (Phi) is 4.83. The van der Waals surface area contributed by atoms with Gasteiger partial charge in [-0.1, -0.05) is 12.1 Å². The molecule has 0 amide bonds. The number of carboxylic acids is 1. The van der Waals surface area contributed by atoms with Crippen LogP contribution in [0.25, 0.3) is 0 Å². The molecular weight excluding hydrogens is 202 g/mol. The Balaban J connectivity index is 2.73. The van der Waals surface area contributed by atoms with Gasteiger partial charge in [-0.3, -0.25) is 4.79 Å². The van der Waals surface area contributed by atoms with Gasteiger partial charge in [-0.2, -0.15) is 0 Å². The second-order valence-corrected chi connectivity index (χ2v) is 3.74. The summed E-state index contributed by atoms with van der Waals surface area (Å²) in [5.41, 5.74) is 2.26. The molecule has 0 heterocycles. The lowest BCUT2D eigenvalue weighted by Gasteiger charge is -2.21. The summed E-state index contributed by atoms with van der Waals surface area (Å²) >= 11 is 0. The van der Waals surface area contributed by atoms with E-state index in [0.717, 1.165) is 18.7 Å². The molecule has 88 valence electrons. The van der Waals surface area contributed by atoms with Gasteiger partial charge in [0, 0.05) is 25.2 Å². The van der Waals surface area contributed by atoms with E-state index in [1.165, 1.54) is 5.69 Å². The second kappa shape index (κ2) is 6.16. The summed E-state index contributed by atoms with van der Waals surface area (Å²) in [6.45, 7) is 6.18. The van der Waals surface area contributed by atoms with Crippen molar-refractivity contribution in [3.63, 3.8) is 0 Å². The molecule has 0 atom stereocenters. The Labute approximate surface area is 96.7 Å². The first-order valence-corrected chi connectivity index (χ1v) is 5.73. The van der Waals surface area contributed by atoms with Crippen LogP contribution in [0.5, 0.6) is 0 Å². The highest BCUT2D eigenvalue weighted by Crippen LogP contribution is 2.16. The third kappa shape index (κ3) is 3.57. The quantitative estimate of drug-likeness (QED) is 0.802. The molecule has 1 rings (SSSR count). The van der Waals surface area contributed by atoms with E-state index in [9.17, 15) is 4.79 Å². The van der Waals surface area contributed by atoms with Gasteiger partial charge >= 0.3 is 5.97 Å². The normalized spacial score (nSPS) is 10.1. The molecule has 1 aromatic rings. The molecule has 0 saturated heterocycles. The first-order chi connectivity index (χ1) is 7.67. The van der Waals surface area contributed by atoms with Gasteiger partial charge in [-0.15, -0.1) is 0 Å². The van der Waals surface area contributed by atoms with Crippen molar-refractivity contribution in [2.24, 2.45) is 0 Å². The number of hydrogen-bond donors (Lipinski definition) is 1. The molecule has 0 spiro atoms. The first-order valence-electron chi connectivity index (χ1n) is 5.73. The van der Waals surface area contributed by atoms with Gasteiger partial charge in [0.2, 0.25) is 0 Å². The molecule has 0 radical (unpaired) electrons. The van der Waals surface area contributed by atoms with Crippen molar-refractivity contribution in [1.29, 1.82) is 0 Å². The highest BCUT2D eigenvalue weighted by Gasteiger charge is 2.03. The summed E-state index contributed by atoms with van der Waals surface area (Å²) < 4.78 is 0. The Morgan fingerprint density at radius 2 is 2.00 bits per heavy atom. The Morgan fingerprint density at radius 1 is 1.31 bits per heavy atom. The fourth-order valence-electron chi connectivity index (χ4n) is 1.75. The lowest BCUT2D eigenvalue weighted by Crippen LogP contribution is -2.21. The van der Waals surface area contributed by atoms with Crippen LogP contribution in [0.4, 0.5) is 5.69 Å². The van der Waals surface area contributed by atoms with E-state index in [0.29, 0.717) is 6.42 Å². The van der Waals surface area contributed by atoms with E-state index >= 15 is 0 Å². The molecule has 0 fully saturated rings. The third-order valence-corrected chi connectivity index (χ3v) is 2.67. The zero-order valence-corrected chi connectivity index (χ0v) is 9.94. The van der Waals surface area contributed by atoms with Crippen LogP contribution in [-0.4, -0.2) is 24.2 Å². The average Bonchev–Trinajstić information content (AvgIpc) is 2.29. The molecule has 0 aliphatic carbocycles. The largest absolute Gasteiger partial charge is 0.481 e. The van der Waals surface area contributed by atoms with Crippen molar-refractivity contribution in [2.45, 2.75) is 26.7 Å². The second-order valence-electron chi connectivity index (χ2n) is 3.74. The number of aliphatic carboxylic acids is 1. The summed E-state index contributed by atoms with van der Waals surface area (Å²) in [7, 11) is 0. The van der Waals surface area contributed by atoms with Crippen LogP contribution in [0.15, 0.2) is 24.3 Å². The van der Waals surface area contributed by atoms with E-state index in [1.54, 1.807) is 0 Å². The fourth-order valence-corrected chi connectivity index (χ4v) is 1.75. The van der Waals surface area contributed by atoms with Crippen molar-refractivity contribution in [3.05, 3.63) is 29.8 Å². The number of rotatable bonds is 6. The van der Waals surface area contributed by atoms with Crippen molar-refractivity contribution >= 4 is 11.7 Å². The van der Waals surface area contributed by atoms with Gasteiger partial charge in [0.25, 0.3) is 0 Å². The van der Waals surface area contributed by atoms with Crippen LogP contribution >= 0.6 is 0 Å². The van der Waals surface area contributed by atoms with Crippen molar-refractivity contribution < 1.29 is 9.90 Å². The van der Waals surface area contributed by atoms with Crippen molar-refractivity contribution in [1.82, 2.24) is 0 Å². The summed E-state index contributed by atoms with van der Waals surface area (Å²) in [4.78, 5) is 12.7. The summed E-state index contributed by atoms with van der Waals surface area (Å²) in [6, 6.07) is 8.12. The standard InChI is InChI=1S/C13H19NO2/c1-3-14(4-2)12-7-5-6-11(10-12)8-9-13(15)16/h5-7,10H,3-4,8-9H2,1-2H3,(H,15,16). The molecule has 1 aromatic carbocycles. The summed E-state index contributed by atoms with van der Waals surface area (Å²) in [5.74, 6) is -0.742. The molecule has 1 N–H and O–H groups in total. The fraction of sp³-hybridized carbons (Fsp3) is 0.462. The molecule has 3 nitrogen and oxygen atoms in total. The topological polar surface area (TPSA) is 40.5 Å². The molecule has 0 aromatic heterocycles. The molecule has 0 unspecified atom stereocenters. The molecule has 0 saturated carbocycles. The Bertz CT molecular complexity index is 346. The number of aryl methyl sites for hydroxylation is 1. The predicted molar refractivity (Wildman–Crippen MR) is 66.0 cm³/mol.